The maximum Gasteiger partial charge on any atom is 0.180 e. The summed E-state index contributed by atoms with van der Waals surface area (Å²) in [6.07, 6.45) is 1.55. The molecule has 1 N–H and O–H groups in total. The van der Waals surface area contributed by atoms with Crippen molar-refractivity contribution in [3.8, 4) is 0 Å². The van der Waals surface area contributed by atoms with E-state index < -0.39 is 0 Å². The molecule has 0 aliphatic rings. The highest BCUT2D eigenvalue weighted by molar-refractivity contribution is 5.85. The molecular formula is C7H16ClNO2. The third-order valence-corrected chi connectivity index (χ3v) is 1.07. The number of hydrogen-bond donors (Lipinski definition) is 1. The first-order valence-corrected chi connectivity index (χ1v) is 3.50. The summed E-state index contributed by atoms with van der Waals surface area (Å²) in [5.74, 6) is 0.361. The van der Waals surface area contributed by atoms with Gasteiger partial charge in [-0.15, -0.1) is 12.4 Å². The van der Waals surface area contributed by atoms with Crippen molar-refractivity contribution in [1.82, 2.24) is 0 Å². The second-order valence-corrected chi connectivity index (χ2v) is 1.95. The summed E-state index contributed by atoms with van der Waals surface area (Å²) in [6.45, 7) is 3.17. The van der Waals surface area contributed by atoms with Crippen LogP contribution in [0.2, 0.25) is 0 Å². The van der Waals surface area contributed by atoms with Crippen LogP contribution in [-0.4, -0.2) is 26.2 Å². The van der Waals surface area contributed by atoms with Crippen LogP contribution in [0.1, 0.15) is 19.8 Å². The van der Waals surface area contributed by atoms with Crippen LogP contribution in [0.15, 0.2) is 0 Å². The molecule has 0 unspecified atom stereocenters. The van der Waals surface area contributed by atoms with Crippen molar-refractivity contribution in [2.24, 2.45) is 0 Å². The number of rotatable bonds is 5. The molecule has 0 aliphatic heterocycles. The lowest BCUT2D eigenvalue weighted by Gasteiger charge is -2.02. The lowest BCUT2D eigenvalue weighted by atomic mass is 10.3. The van der Waals surface area contributed by atoms with E-state index in [0.717, 1.165) is 6.42 Å². The maximum absolute atomic E-state index is 7.19. The Labute approximate surface area is 74.0 Å². The van der Waals surface area contributed by atoms with Gasteiger partial charge in [0.15, 0.2) is 5.90 Å². The van der Waals surface area contributed by atoms with Gasteiger partial charge in [0.05, 0.1) is 6.61 Å². The Hall–Kier alpha value is -0.280. The van der Waals surface area contributed by atoms with Gasteiger partial charge in [-0.05, 0) is 13.3 Å². The van der Waals surface area contributed by atoms with Crippen molar-refractivity contribution in [3.05, 3.63) is 0 Å². The van der Waals surface area contributed by atoms with Gasteiger partial charge in [0.25, 0.3) is 0 Å². The molecule has 3 nitrogen and oxygen atoms in total. The van der Waals surface area contributed by atoms with Gasteiger partial charge in [-0.2, -0.15) is 0 Å². The smallest absolute Gasteiger partial charge is 0.180 e. The fourth-order valence-corrected chi connectivity index (χ4v) is 0.623. The molecule has 0 aliphatic carbocycles. The highest BCUT2D eigenvalue weighted by Gasteiger charge is 1.94. The highest BCUT2D eigenvalue weighted by atomic mass is 35.5. The molecule has 0 radical (unpaired) electrons. The van der Waals surface area contributed by atoms with Crippen molar-refractivity contribution in [3.63, 3.8) is 0 Å². The molecule has 0 bridgehead atoms. The average molecular weight is 182 g/mol. The van der Waals surface area contributed by atoms with E-state index in [1.165, 1.54) is 0 Å². The summed E-state index contributed by atoms with van der Waals surface area (Å²) in [5, 5.41) is 7.19. The molecule has 0 fully saturated rings. The zero-order valence-electron chi connectivity index (χ0n) is 7.05. The molecule has 0 rings (SSSR count). The lowest BCUT2D eigenvalue weighted by Crippen LogP contribution is -2.03. The minimum absolute atomic E-state index is 0. The molecule has 11 heavy (non-hydrogen) atoms. The fourth-order valence-electron chi connectivity index (χ4n) is 0.623. The summed E-state index contributed by atoms with van der Waals surface area (Å²) in [4.78, 5) is 0. The molecule has 68 valence electrons. The number of ether oxygens (including phenoxy) is 2. The van der Waals surface area contributed by atoms with Crippen LogP contribution in [-0.2, 0) is 9.47 Å². The van der Waals surface area contributed by atoms with Crippen LogP contribution >= 0.6 is 12.4 Å². The van der Waals surface area contributed by atoms with E-state index in [1.807, 2.05) is 6.92 Å². The van der Waals surface area contributed by atoms with E-state index >= 15 is 0 Å². The van der Waals surface area contributed by atoms with Gasteiger partial charge in [-0.3, -0.25) is 5.41 Å². The Morgan fingerprint density at radius 2 is 2.09 bits per heavy atom. The van der Waals surface area contributed by atoms with Gasteiger partial charge in [-0.25, -0.2) is 0 Å². The first-order valence-electron chi connectivity index (χ1n) is 3.50. The van der Waals surface area contributed by atoms with Crippen molar-refractivity contribution in [1.29, 1.82) is 5.41 Å². The third kappa shape index (κ3) is 9.72. The molecule has 4 heteroatoms. The Morgan fingerprint density at radius 3 is 2.55 bits per heavy atom. The Morgan fingerprint density at radius 1 is 1.45 bits per heavy atom. The van der Waals surface area contributed by atoms with Crippen LogP contribution in [0.25, 0.3) is 0 Å². The summed E-state index contributed by atoms with van der Waals surface area (Å²) in [6, 6.07) is 0. The van der Waals surface area contributed by atoms with Gasteiger partial charge in [0, 0.05) is 20.1 Å². The highest BCUT2D eigenvalue weighted by Crippen LogP contribution is 1.92. The number of hydrogen-bond acceptors (Lipinski definition) is 3. The van der Waals surface area contributed by atoms with Crippen molar-refractivity contribution >= 4 is 18.3 Å². The van der Waals surface area contributed by atoms with Crippen LogP contribution < -0.4 is 0 Å². The van der Waals surface area contributed by atoms with E-state index in [-0.39, 0.29) is 12.4 Å². The summed E-state index contributed by atoms with van der Waals surface area (Å²) < 4.78 is 9.73. The van der Waals surface area contributed by atoms with Gasteiger partial charge < -0.3 is 9.47 Å². The molecule has 0 aromatic rings. The van der Waals surface area contributed by atoms with Gasteiger partial charge in [-0.1, -0.05) is 0 Å². The standard InChI is InChI=1S/C7H15NO2.ClH/c1-3-10-7(8)5-4-6-9-2;/h8H,3-6H2,1-2H3;1H. The average Bonchev–Trinajstić information content (AvgIpc) is 1.89. The van der Waals surface area contributed by atoms with Gasteiger partial charge in [0.1, 0.15) is 0 Å². The lowest BCUT2D eigenvalue weighted by molar-refractivity contribution is 0.193. The Bertz CT molecular complexity index is 98.4. The monoisotopic (exact) mass is 181 g/mol. The van der Waals surface area contributed by atoms with E-state index in [4.69, 9.17) is 14.9 Å². The SMILES string of the molecule is CCOC(=N)CCCOC.Cl. The molecule has 0 amide bonds. The first kappa shape index (κ1) is 13.3. The molecule has 0 aromatic heterocycles. The van der Waals surface area contributed by atoms with Gasteiger partial charge in [0.2, 0.25) is 0 Å². The fraction of sp³-hybridized carbons (Fsp3) is 0.857. The predicted octanol–water partition coefficient (Wildman–Crippen LogP) is 1.85. The molecule has 0 aromatic carbocycles. The van der Waals surface area contributed by atoms with Gasteiger partial charge >= 0.3 is 0 Å². The second kappa shape index (κ2) is 9.72. The van der Waals surface area contributed by atoms with E-state index in [1.54, 1.807) is 7.11 Å². The number of halogens is 1. The molecule has 0 saturated heterocycles. The normalized spacial score (nSPS) is 8.55. The van der Waals surface area contributed by atoms with Crippen LogP contribution in [0.4, 0.5) is 0 Å². The van der Waals surface area contributed by atoms with Crippen molar-refractivity contribution < 1.29 is 9.47 Å². The summed E-state index contributed by atoms with van der Waals surface area (Å²) in [5.41, 5.74) is 0. The third-order valence-electron chi connectivity index (χ3n) is 1.07. The molecule has 0 saturated carbocycles. The molecule has 0 atom stereocenters. The number of methoxy groups -OCH3 is 1. The van der Waals surface area contributed by atoms with E-state index in [9.17, 15) is 0 Å². The minimum Gasteiger partial charge on any atom is -0.481 e. The zero-order chi connectivity index (χ0) is 7.82. The van der Waals surface area contributed by atoms with Crippen molar-refractivity contribution in [2.45, 2.75) is 19.8 Å². The largest absolute Gasteiger partial charge is 0.481 e. The molecular weight excluding hydrogens is 166 g/mol. The topological polar surface area (TPSA) is 42.3 Å². The minimum atomic E-state index is 0. The van der Waals surface area contributed by atoms with Crippen LogP contribution in [0.5, 0.6) is 0 Å². The Kier molecular flexibility index (Phi) is 11.8. The Balaban J connectivity index is 0. The van der Waals surface area contributed by atoms with Crippen LogP contribution in [0, 0.1) is 5.41 Å². The summed E-state index contributed by atoms with van der Waals surface area (Å²) in [7, 11) is 1.66. The summed E-state index contributed by atoms with van der Waals surface area (Å²) >= 11 is 0. The van der Waals surface area contributed by atoms with Crippen LogP contribution in [0.3, 0.4) is 0 Å². The molecule has 0 spiro atoms. The molecule has 0 heterocycles. The van der Waals surface area contributed by atoms with E-state index in [2.05, 4.69) is 0 Å². The van der Waals surface area contributed by atoms with Crippen molar-refractivity contribution in [2.75, 3.05) is 20.3 Å². The quantitative estimate of drug-likeness (QED) is 0.400. The first-order chi connectivity index (χ1) is 4.81. The second-order valence-electron chi connectivity index (χ2n) is 1.95. The maximum atomic E-state index is 7.19. The van der Waals surface area contributed by atoms with E-state index in [0.29, 0.717) is 25.5 Å². The number of nitrogens with one attached hydrogen (secondary N) is 1. The predicted molar refractivity (Wildman–Crippen MR) is 47.7 cm³/mol. The zero-order valence-corrected chi connectivity index (χ0v) is 7.87.